The number of rotatable bonds is 5. The number of ether oxygens (including phenoxy) is 1. The minimum absolute atomic E-state index is 0.286. The zero-order chi connectivity index (χ0) is 13.0. The van der Waals surface area contributed by atoms with Gasteiger partial charge in [-0.25, -0.2) is 4.79 Å². The number of nitrogens with zero attached hydrogens (tertiary/aromatic N) is 2. The summed E-state index contributed by atoms with van der Waals surface area (Å²) >= 11 is 0. The Morgan fingerprint density at radius 1 is 1.39 bits per heavy atom. The van der Waals surface area contributed by atoms with Gasteiger partial charge in [-0.3, -0.25) is 4.68 Å². The fraction of sp³-hybridized carbons (Fsp3) is 0.231. The summed E-state index contributed by atoms with van der Waals surface area (Å²) in [6.07, 6.45) is 3.48. The molecule has 1 N–H and O–H groups in total. The van der Waals surface area contributed by atoms with Gasteiger partial charge >= 0.3 is 5.97 Å². The van der Waals surface area contributed by atoms with Crippen LogP contribution in [0.1, 0.15) is 22.8 Å². The van der Waals surface area contributed by atoms with Gasteiger partial charge in [0.05, 0.1) is 31.1 Å². The molecule has 1 aromatic carbocycles. The highest BCUT2D eigenvalue weighted by Gasteiger charge is 2.03. The quantitative estimate of drug-likeness (QED) is 0.876. The van der Waals surface area contributed by atoms with Gasteiger partial charge in [-0.2, -0.15) is 5.10 Å². The Morgan fingerprint density at radius 2 is 2.11 bits per heavy atom. The Bertz CT molecular complexity index is 531. The molecule has 0 bridgehead atoms. The SMILES string of the molecule is CCOc1cnn(Cc2ccc(C(=O)O)cc2)c1. The summed E-state index contributed by atoms with van der Waals surface area (Å²) in [6.45, 7) is 3.12. The van der Waals surface area contributed by atoms with Crippen molar-refractivity contribution >= 4 is 5.97 Å². The molecule has 0 amide bonds. The molecule has 0 radical (unpaired) electrons. The van der Waals surface area contributed by atoms with Crippen molar-refractivity contribution in [3.8, 4) is 5.75 Å². The molecular formula is C13H14N2O3. The molecule has 2 aromatic rings. The molecule has 0 aliphatic rings. The highest BCUT2D eigenvalue weighted by molar-refractivity contribution is 5.87. The first-order valence-electron chi connectivity index (χ1n) is 5.66. The second-order valence-electron chi connectivity index (χ2n) is 3.81. The van der Waals surface area contributed by atoms with E-state index in [-0.39, 0.29) is 5.56 Å². The van der Waals surface area contributed by atoms with Crippen molar-refractivity contribution in [2.45, 2.75) is 13.5 Å². The van der Waals surface area contributed by atoms with Gasteiger partial charge in [0.25, 0.3) is 0 Å². The van der Waals surface area contributed by atoms with Gasteiger partial charge in [0.2, 0.25) is 0 Å². The minimum atomic E-state index is -0.917. The zero-order valence-electron chi connectivity index (χ0n) is 10.0. The van der Waals surface area contributed by atoms with Gasteiger partial charge in [-0.05, 0) is 24.6 Å². The lowest BCUT2D eigenvalue weighted by molar-refractivity contribution is 0.0697. The average molecular weight is 246 g/mol. The highest BCUT2D eigenvalue weighted by atomic mass is 16.5. The van der Waals surface area contributed by atoms with Gasteiger partial charge in [-0.15, -0.1) is 0 Å². The monoisotopic (exact) mass is 246 g/mol. The average Bonchev–Trinajstić information content (AvgIpc) is 2.78. The van der Waals surface area contributed by atoms with Crippen molar-refractivity contribution in [1.82, 2.24) is 9.78 Å². The van der Waals surface area contributed by atoms with E-state index in [4.69, 9.17) is 9.84 Å². The van der Waals surface area contributed by atoms with Crippen molar-refractivity contribution in [2.75, 3.05) is 6.61 Å². The molecule has 5 heteroatoms. The Labute approximate surface area is 105 Å². The van der Waals surface area contributed by atoms with Crippen LogP contribution in [0.2, 0.25) is 0 Å². The van der Waals surface area contributed by atoms with Crippen LogP contribution in [0.5, 0.6) is 5.75 Å². The van der Waals surface area contributed by atoms with Crippen LogP contribution in [-0.4, -0.2) is 27.5 Å². The van der Waals surface area contributed by atoms with Crippen LogP contribution in [0.15, 0.2) is 36.7 Å². The first kappa shape index (κ1) is 12.2. The van der Waals surface area contributed by atoms with E-state index in [0.29, 0.717) is 13.2 Å². The number of hydrogen-bond acceptors (Lipinski definition) is 3. The standard InChI is InChI=1S/C13H14N2O3/c1-2-18-12-7-14-15(9-12)8-10-3-5-11(6-4-10)13(16)17/h3-7,9H,2,8H2,1H3,(H,16,17). The fourth-order valence-corrected chi connectivity index (χ4v) is 1.61. The predicted molar refractivity (Wildman–Crippen MR) is 65.9 cm³/mol. The molecule has 1 heterocycles. The highest BCUT2D eigenvalue weighted by Crippen LogP contribution is 2.11. The summed E-state index contributed by atoms with van der Waals surface area (Å²) < 4.78 is 7.06. The van der Waals surface area contributed by atoms with Crippen LogP contribution >= 0.6 is 0 Å². The van der Waals surface area contributed by atoms with Gasteiger partial charge in [-0.1, -0.05) is 12.1 Å². The molecule has 0 fully saturated rings. The molecule has 0 atom stereocenters. The lowest BCUT2D eigenvalue weighted by Gasteiger charge is -2.02. The Morgan fingerprint density at radius 3 is 2.72 bits per heavy atom. The molecule has 1 aromatic heterocycles. The molecule has 0 aliphatic heterocycles. The van der Waals surface area contributed by atoms with Gasteiger partial charge < -0.3 is 9.84 Å². The Balaban J connectivity index is 2.06. The van der Waals surface area contributed by atoms with E-state index in [2.05, 4.69) is 5.10 Å². The second kappa shape index (κ2) is 5.35. The number of carboxylic acid groups (broad SMARTS) is 1. The van der Waals surface area contributed by atoms with Crippen molar-refractivity contribution in [3.05, 3.63) is 47.8 Å². The van der Waals surface area contributed by atoms with E-state index in [0.717, 1.165) is 11.3 Å². The first-order valence-corrected chi connectivity index (χ1v) is 5.66. The summed E-state index contributed by atoms with van der Waals surface area (Å²) in [7, 11) is 0. The molecule has 0 saturated carbocycles. The van der Waals surface area contributed by atoms with E-state index in [1.54, 1.807) is 35.1 Å². The molecule has 5 nitrogen and oxygen atoms in total. The third-order valence-electron chi connectivity index (χ3n) is 2.47. The van der Waals surface area contributed by atoms with Gasteiger partial charge in [0, 0.05) is 0 Å². The summed E-state index contributed by atoms with van der Waals surface area (Å²) in [5.41, 5.74) is 1.28. The number of benzene rings is 1. The van der Waals surface area contributed by atoms with Gasteiger partial charge in [0.15, 0.2) is 5.75 Å². The minimum Gasteiger partial charge on any atom is -0.491 e. The number of carboxylic acids is 1. The van der Waals surface area contributed by atoms with Crippen molar-refractivity contribution in [1.29, 1.82) is 0 Å². The third kappa shape index (κ3) is 2.88. The number of hydrogen-bond donors (Lipinski definition) is 1. The van der Waals surface area contributed by atoms with Crippen molar-refractivity contribution < 1.29 is 14.6 Å². The first-order chi connectivity index (χ1) is 8.69. The lowest BCUT2D eigenvalue weighted by Crippen LogP contribution is -2.01. The van der Waals surface area contributed by atoms with Crippen LogP contribution in [-0.2, 0) is 6.54 Å². The van der Waals surface area contributed by atoms with E-state index in [1.165, 1.54) is 0 Å². The molecule has 0 saturated heterocycles. The maximum Gasteiger partial charge on any atom is 0.335 e. The molecule has 94 valence electrons. The van der Waals surface area contributed by atoms with Gasteiger partial charge in [0.1, 0.15) is 0 Å². The van der Waals surface area contributed by atoms with Crippen molar-refractivity contribution in [3.63, 3.8) is 0 Å². The summed E-state index contributed by atoms with van der Waals surface area (Å²) in [5.74, 6) is -0.182. The predicted octanol–water partition coefficient (Wildman–Crippen LogP) is 2.03. The molecule has 2 rings (SSSR count). The maximum absolute atomic E-state index is 10.7. The smallest absolute Gasteiger partial charge is 0.335 e. The molecule has 0 spiro atoms. The van der Waals surface area contributed by atoms with E-state index in [1.807, 2.05) is 13.1 Å². The van der Waals surface area contributed by atoms with E-state index < -0.39 is 5.97 Å². The van der Waals surface area contributed by atoms with E-state index >= 15 is 0 Å². The van der Waals surface area contributed by atoms with Crippen LogP contribution in [0.4, 0.5) is 0 Å². The maximum atomic E-state index is 10.7. The van der Waals surface area contributed by atoms with E-state index in [9.17, 15) is 4.79 Å². The van der Waals surface area contributed by atoms with Crippen LogP contribution < -0.4 is 4.74 Å². The normalized spacial score (nSPS) is 10.3. The summed E-state index contributed by atoms with van der Waals surface area (Å²) in [6, 6.07) is 6.74. The zero-order valence-corrected chi connectivity index (χ0v) is 10.0. The molecule has 0 aliphatic carbocycles. The fourth-order valence-electron chi connectivity index (χ4n) is 1.61. The summed E-state index contributed by atoms with van der Waals surface area (Å²) in [5, 5.41) is 13.0. The van der Waals surface area contributed by atoms with Crippen LogP contribution in [0, 0.1) is 0 Å². The van der Waals surface area contributed by atoms with Crippen LogP contribution in [0.3, 0.4) is 0 Å². The van der Waals surface area contributed by atoms with Crippen LogP contribution in [0.25, 0.3) is 0 Å². The summed E-state index contributed by atoms with van der Waals surface area (Å²) in [4.78, 5) is 10.7. The number of aromatic carboxylic acids is 1. The molecular weight excluding hydrogens is 232 g/mol. The third-order valence-corrected chi connectivity index (χ3v) is 2.47. The Hall–Kier alpha value is -2.30. The number of aromatic nitrogens is 2. The Kier molecular flexibility index (Phi) is 3.62. The molecule has 18 heavy (non-hydrogen) atoms. The lowest BCUT2D eigenvalue weighted by atomic mass is 10.1. The van der Waals surface area contributed by atoms with Crippen molar-refractivity contribution in [2.24, 2.45) is 0 Å². The second-order valence-corrected chi connectivity index (χ2v) is 3.81. The topological polar surface area (TPSA) is 64.4 Å². The largest absolute Gasteiger partial charge is 0.491 e. The number of carbonyl (C=O) groups is 1. The molecule has 0 unspecified atom stereocenters.